The predicted molar refractivity (Wildman–Crippen MR) is 89.7 cm³/mol. The van der Waals surface area contributed by atoms with E-state index in [2.05, 4.69) is 36.4 Å². The van der Waals surface area contributed by atoms with E-state index in [0.29, 0.717) is 23.8 Å². The number of carbonyl (C=O) groups excluding carboxylic acids is 1. The molecule has 4 N–H and O–H groups in total. The van der Waals surface area contributed by atoms with Crippen LogP contribution in [0.25, 0.3) is 0 Å². The largest absolute Gasteiger partial charge is 0.397 e. The summed E-state index contributed by atoms with van der Waals surface area (Å²) < 4.78 is 0. The molecule has 1 amide bonds. The van der Waals surface area contributed by atoms with Gasteiger partial charge in [-0.1, -0.05) is 6.92 Å². The molecule has 0 heterocycles. The summed E-state index contributed by atoms with van der Waals surface area (Å²) >= 11 is 0. The molecule has 0 aliphatic rings. The fourth-order valence-corrected chi connectivity index (χ4v) is 2.01. The molecule has 1 rings (SSSR count). The Morgan fingerprint density at radius 1 is 1.38 bits per heavy atom. The van der Waals surface area contributed by atoms with Crippen molar-refractivity contribution < 1.29 is 4.79 Å². The number of nitrogen functional groups attached to an aromatic ring is 1. The highest BCUT2D eigenvalue weighted by molar-refractivity contribution is 5.96. The van der Waals surface area contributed by atoms with Gasteiger partial charge in [0.25, 0.3) is 5.91 Å². The Bertz CT molecular complexity index is 462. The number of rotatable bonds is 8. The lowest BCUT2D eigenvalue weighted by molar-refractivity contribution is 0.0956. The highest BCUT2D eigenvalue weighted by atomic mass is 16.1. The summed E-state index contributed by atoms with van der Waals surface area (Å²) in [5, 5.41) is 6.10. The maximum absolute atomic E-state index is 11.8. The molecule has 118 valence electrons. The Kier molecular flexibility index (Phi) is 7.02. The van der Waals surface area contributed by atoms with E-state index in [0.717, 1.165) is 25.2 Å². The summed E-state index contributed by atoms with van der Waals surface area (Å²) in [6, 6.07) is 5.89. The highest BCUT2D eigenvalue weighted by Gasteiger charge is 2.09. The minimum atomic E-state index is -0.0720. The average molecular weight is 292 g/mol. The lowest BCUT2D eigenvalue weighted by Crippen LogP contribution is -2.32. The van der Waals surface area contributed by atoms with E-state index in [1.54, 1.807) is 12.1 Å². The molecule has 0 bridgehead atoms. The lowest BCUT2D eigenvalue weighted by Gasteiger charge is -2.23. The second-order valence-corrected chi connectivity index (χ2v) is 5.33. The van der Waals surface area contributed by atoms with Gasteiger partial charge in [0, 0.05) is 31.2 Å². The van der Waals surface area contributed by atoms with Crippen LogP contribution in [0.1, 0.15) is 37.6 Å². The van der Waals surface area contributed by atoms with Crippen molar-refractivity contribution in [3.63, 3.8) is 0 Å². The molecule has 21 heavy (non-hydrogen) atoms. The first-order valence-corrected chi connectivity index (χ1v) is 7.61. The quantitative estimate of drug-likeness (QED) is 0.642. The summed E-state index contributed by atoms with van der Waals surface area (Å²) in [5.41, 5.74) is 8.06. The number of nitrogens with one attached hydrogen (secondary N) is 2. The first-order chi connectivity index (χ1) is 9.99. The molecule has 5 heteroatoms. The minimum Gasteiger partial charge on any atom is -0.397 e. The Hall–Kier alpha value is -1.75. The number of hydrogen-bond donors (Lipinski definition) is 3. The summed E-state index contributed by atoms with van der Waals surface area (Å²) in [6.07, 6.45) is 1.13. The van der Waals surface area contributed by atoms with Crippen LogP contribution in [0.2, 0.25) is 0 Å². The van der Waals surface area contributed by atoms with E-state index in [1.807, 2.05) is 13.0 Å². The van der Waals surface area contributed by atoms with Crippen LogP contribution < -0.4 is 16.4 Å². The predicted octanol–water partition coefficient (Wildman–Crippen LogP) is 2.16. The molecule has 0 saturated heterocycles. The van der Waals surface area contributed by atoms with Gasteiger partial charge in [-0.2, -0.15) is 0 Å². The van der Waals surface area contributed by atoms with Crippen LogP contribution in [-0.2, 0) is 0 Å². The molecule has 0 radical (unpaired) electrons. The van der Waals surface area contributed by atoms with Gasteiger partial charge in [-0.05, 0) is 45.5 Å². The Balaban J connectivity index is 2.62. The summed E-state index contributed by atoms with van der Waals surface area (Å²) in [5.74, 6) is -0.0720. The van der Waals surface area contributed by atoms with Crippen molar-refractivity contribution in [3.8, 4) is 0 Å². The van der Waals surface area contributed by atoms with Crippen molar-refractivity contribution >= 4 is 17.3 Å². The smallest absolute Gasteiger partial charge is 0.251 e. The van der Waals surface area contributed by atoms with Crippen LogP contribution in [0.3, 0.4) is 0 Å². The van der Waals surface area contributed by atoms with E-state index < -0.39 is 0 Å². The number of carbonyl (C=O) groups is 1. The van der Waals surface area contributed by atoms with Crippen LogP contribution in [0.4, 0.5) is 11.4 Å². The number of amides is 1. The molecule has 1 unspecified atom stereocenters. The SMILES string of the molecule is CCNC(=O)c1ccc(N)c(NCCN(C)C(C)CC)c1. The van der Waals surface area contributed by atoms with Gasteiger partial charge in [-0.3, -0.25) is 4.79 Å². The van der Waals surface area contributed by atoms with Gasteiger partial charge < -0.3 is 21.3 Å². The van der Waals surface area contributed by atoms with Crippen LogP contribution in [-0.4, -0.2) is 43.5 Å². The molecule has 1 aromatic carbocycles. The second-order valence-electron chi connectivity index (χ2n) is 5.33. The molecule has 0 aromatic heterocycles. The van der Waals surface area contributed by atoms with E-state index in [9.17, 15) is 4.79 Å². The van der Waals surface area contributed by atoms with Gasteiger partial charge in [-0.25, -0.2) is 0 Å². The van der Waals surface area contributed by atoms with E-state index >= 15 is 0 Å². The number of anilines is 2. The van der Waals surface area contributed by atoms with Crippen LogP contribution in [0.15, 0.2) is 18.2 Å². The average Bonchev–Trinajstić information content (AvgIpc) is 2.48. The van der Waals surface area contributed by atoms with E-state index in [1.165, 1.54) is 0 Å². The number of hydrogen-bond acceptors (Lipinski definition) is 4. The zero-order chi connectivity index (χ0) is 15.8. The van der Waals surface area contributed by atoms with E-state index in [4.69, 9.17) is 5.73 Å². The Labute approximate surface area is 127 Å². The van der Waals surface area contributed by atoms with E-state index in [-0.39, 0.29) is 5.91 Å². The zero-order valence-electron chi connectivity index (χ0n) is 13.6. The number of benzene rings is 1. The molecular weight excluding hydrogens is 264 g/mol. The number of likely N-dealkylation sites (N-methyl/N-ethyl adjacent to an activating group) is 1. The molecule has 0 saturated carbocycles. The summed E-state index contributed by atoms with van der Waals surface area (Å²) in [4.78, 5) is 14.1. The van der Waals surface area contributed by atoms with Crippen LogP contribution in [0.5, 0.6) is 0 Å². The van der Waals surface area contributed by atoms with Crippen molar-refractivity contribution in [2.75, 3.05) is 37.7 Å². The molecule has 0 spiro atoms. The minimum absolute atomic E-state index is 0.0720. The molecule has 1 aromatic rings. The normalized spacial score (nSPS) is 12.2. The highest BCUT2D eigenvalue weighted by Crippen LogP contribution is 2.19. The lowest BCUT2D eigenvalue weighted by atomic mass is 10.1. The second kappa shape index (κ2) is 8.52. The summed E-state index contributed by atoms with van der Waals surface area (Å²) in [7, 11) is 2.12. The monoisotopic (exact) mass is 292 g/mol. The fraction of sp³-hybridized carbons (Fsp3) is 0.562. The maximum Gasteiger partial charge on any atom is 0.251 e. The third-order valence-electron chi connectivity index (χ3n) is 3.78. The van der Waals surface area contributed by atoms with Gasteiger partial charge in [-0.15, -0.1) is 0 Å². The van der Waals surface area contributed by atoms with Gasteiger partial charge in [0.05, 0.1) is 11.4 Å². The molecule has 5 nitrogen and oxygen atoms in total. The zero-order valence-corrected chi connectivity index (χ0v) is 13.6. The first-order valence-electron chi connectivity index (χ1n) is 7.61. The molecule has 0 aliphatic carbocycles. The third kappa shape index (κ3) is 5.27. The fourth-order valence-electron chi connectivity index (χ4n) is 2.01. The molecule has 0 fully saturated rings. The van der Waals surface area contributed by atoms with Gasteiger partial charge in [0.2, 0.25) is 0 Å². The maximum atomic E-state index is 11.8. The third-order valence-corrected chi connectivity index (χ3v) is 3.78. The first kappa shape index (κ1) is 17.3. The Morgan fingerprint density at radius 2 is 2.10 bits per heavy atom. The van der Waals surface area contributed by atoms with Gasteiger partial charge >= 0.3 is 0 Å². The Morgan fingerprint density at radius 3 is 2.71 bits per heavy atom. The van der Waals surface area contributed by atoms with Crippen LogP contribution in [0, 0.1) is 0 Å². The topological polar surface area (TPSA) is 70.4 Å². The van der Waals surface area contributed by atoms with Crippen molar-refractivity contribution in [2.45, 2.75) is 33.2 Å². The molecular formula is C16H28N4O. The van der Waals surface area contributed by atoms with Crippen LogP contribution >= 0.6 is 0 Å². The number of nitrogens with two attached hydrogens (primary N) is 1. The van der Waals surface area contributed by atoms with Gasteiger partial charge in [0.1, 0.15) is 0 Å². The standard InChI is InChI=1S/C16H28N4O/c1-5-12(3)20(4)10-9-19-15-11-13(7-8-14(15)17)16(21)18-6-2/h7-8,11-12,19H,5-6,9-10,17H2,1-4H3,(H,18,21). The van der Waals surface area contributed by atoms with Crippen molar-refractivity contribution in [3.05, 3.63) is 23.8 Å². The molecule has 0 aliphatic heterocycles. The van der Waals surface area contributed by atoms with Crippen molar-refractivity contribution in [2.24, 2.45) is 0 Å². The number of nitrogens with zero attached hydrogens (tertiary/aromatic N) is 1. The summed E-state index contributed by atoms with van der Waals surface area (Å²) in [6.45, 7) is 8.64. The van der Waals surface area contributed by atoms with Crippen molar-refractivity contribution in [1.29, 1.82) is 0 Å². The molecule has 1 atom stereocenters. The van der Waals surface area contributed by atoms with Gasteiger partial charge in [0.15, 0.2) is 0 Å². The van der Waals surface area contributed by atoms with Crippen molar-refractivity contribution in [1.82, 2.24) is 10.2 Å².